The monoisotopic (exact) mass is 216 g/mol. The zero-order chi connectivity index (χ0) is 10.5. The summed E-state index contributed by atoms with van der Waals surface area (Å²) in [6, 6.07) is 0. The van der Waals surface area contributed by atoms with E-state index in [4.69, 9.17) is 0 Å². The van der Waals surface area contributed by atoms with E-state index in [1.54, 1.807) is 0 Å². The van der Waals surface area contributed by atoms with E-state index in [1.165, 1.54) is 69.3 Å². The minimum atomic E-state index is 1.35. The minimum Gasteiger partial charge on any atom is -0.162 e. The Morgan fingerprint density at radius 2 is 1.07 bits per heavy atom. The second kappa shape index (κ2) is 13.4. The van der Waals surface area contributed by atoms with E-state index in [0.717, 1.165) is 0 Å². The van der Waals surface area contributed by atoms with E-state index in [1.807, 2.05) is 0 Å². The predicted octanol–water partition coefficient (Wildman–Crippen LogP) is 5.27. The van der Waals surface area contributed by atoms with Crippen molar-refractivity contribution in [3.63, 3.8) is 0 Å². The fourth-order valence-corrected chi connectivity index (χ4v) is 2.61. The van der Waals surface area contributed by atoms with Crippen LogP contribution < -0.4 is 0 Å². The standard InChI is InChI=1S/C13H28S/c1-3-5-7-8-9-10-11-13-14-12-6-4-2/h3-13H2,1-2H3. The molecule has 0 atom stereocenters. The average molecular weight is 216 g/mol. The summed E-state index contributed by atoms with van der Waals surface area (Å²) in [5.41, 5.74) is 0. The van der Waals surface area contributed by atoms with Gasteiger partial charge in [0.05, 0.1) is 0 Å². The summed E-state index contributed by atoms with van der Waals surface area (Å²) >= 11 is 2.15. The highest BCUT2D eigenvalue weighted by atomic mass is 32.2. The first kappa shape index (κ1) is 14.3. The van der Waals surface area contributed by atoms with E-state index in [9.17, 15) is 0 Å². The molecule has 0 heterocycles. The summed E-state index contributed by atoms with van der Waals surface area (Å²) in [5, 5.41) is 0. The Labute approximate surface area is 95.2 Å². The van der Waals surface area contributed by atoms with Gasteiger partial charge in [0, 0.05) is 0 Å². The van der Waals surface area contributed by atoms with Crippen molar-refractivity contribution in [3.8, 4) is 0 Å². The molecule has 0 saturated carbocycles. The van der Waals surface area contributed by atoms with Crippen LogP contribution in [-0.4, -0.2) is 11.5 Å². The van der Waals surface area contributed by atoms with Crippen LogP contribution in [0.4, 0.5) is 0 Å². The molecule has 0 aliphatic rings. The predicted molar refractivity (Wildman–Crippen MR) is 70.2 cm³/mol. The third-order valence-electron chi connectivity index (χ3n) is 2.53. The van der Waals surface area contributed by atoms with Gasteiger partial charge in [-0.05, 0) is 24.3 Å². The third kappa shape index (κ3) is 12.3. The Kier molecular flexibility index (Phi) is 13.7. The first-order valence-corrected chi connectivity index (χ1v) is 7.65. The highest BCUT2D eigenvalue weighted by Crippen LogP contribution is 2.11. The summed E-state index contributed by atoms with van der Waals surface area (Å²) in [6.07, 6.45) is 12.9. The molecular weight excluding hydrogens is 188 g/mol. The van der Waals surface area contributed by atoms with Crippen LogP contribution in [0.15, 0.2) is 0 Å². The zero-order valence-electron chi connectivity index (χ0n) is 10.2. The molecule has 0 saturated heterocycles. The fourth-order valence-electron chi connectivity index (χ4n) is 1.51. The Balaban J connectivity index is 2.78. The molecule has 14 heavy (non-hydrogen) atoms. The lowest BCUT2D eigenvalue weighted by Crippen LogP contribution is -1.85. The first-order chi connectivity index (χ1) is 6.91. The smallest absolute Gasteiger partial charge is 0.00675 e. The fraction of sp³-hybridized carbons (Fsp3) is 1.00. The highest BCUT2D eigenvalue weighted by Gasteiger charge is 1.91. The molecule has 86 valence electrons. The van der Waals surface area contributed by atoms with Crippen molar-refractivity contribution in [2.45, 2.75) is 71.6 Å². The van der Waals surface area contributed by atoms with Gasteiger partial charge in [-0.2, -0.15) is 11.8 Å². The topological polar surface area (TPSA) is 0 Å². The van der Waals surface area contributed by atoms with Crippen LogP contribution in [-0.2, 0) is 0 Å². The van der Waals surface area contributed by atoms with Gasteiger partial charge in [-0.1, -0.05) is 58.8 Å². The summed E-state index contributed by atoms with van der Waals surface area (Å²) in [6.45, 7) is 4.55. The van der Waals surface area contributed by atoms with Gasteiger partial charge in [0.15, 0.2) is 0 Å². The maximum absolute atomic E-state index is 2.28. The summed E-state index contributed by atoms with van der Waals surface area (Å²) < 4.78 is 0. The molecule has 0 aromatic rings. The summed E-state index contributed by atoms with van der Waals surface area (Å²) in [5.74, 6) is 2.78. The Hall–Kier alpha value is 0.350. The number of rotatable bonds is 11. The van der Waals surface area contributed by atoms with Crippen LogP contribution in [0.5, 0.6) is 0 Å². The SMILES string of the molecule is CCCCCCCCCSCCCC. The van der Waals surface area contributed by atoms with Gasteiger partial charge >= 0.3 is 0 Å². The van der Waals surface area contributed by atoms with Crippen molar-refractivity contribution >= 4 is 11.8 Å². The average Bonchev–Trinajstić information content (AvgIpc) is 2.21. The van der Waals surface area contributed by atoms with Crippen molar-refractivity contribution in [1.82, 2.24) is 0 Å². The molecule has 0 rings (SSSR count). The molecule has 0 fully saturated rings. The van der Waals surface area contributed by atoms with E-state index < -0.39 is 0 Å². The van der Waals surface area contributed by atoms with Gasteiger partial charge < -0.3 is 0 Å². The van der Waals surface area contributed by atoms with E-state index in [2.05, 4.69) is 25.6 Å². The number of unbranched alkanes of at least 4 members (excludes halogenated alkanes) is 7. The highest BCUT2D eigenvalue weighted by molar-refractivity contribution is 7.99. The second-order valence-electron chi connectivity index (χ2n) is 4.09. The molecule has 0 aliphatic carbocycles. The van der Waals surface area contributed by atoms with Gasteiger partial charge in [0.1, 0.15) is 0 Å². The first-order valence-electron chi connectivity index (χ1n) is 6.49. The molecule has 0 radical (unpaired) electrons. The summed E-state index contributed by atoms with van der Waals surface area (Å²) in [4.78, 5) is 0. The molecular formula is C13H28S. The summed E-state index contributed by atoms with van der Waals surface area (Å²) in [7, 11) is 0. The van der Waals surface area contributed by atoms with Crippen LogP contribution in [0.25, 0.3) is 0 Å². The normalized spacial score (nSPS) is 10.7. The van der Waals surface area contributed by atoms with Crippen LogP contribution in [0.2, 0.25) is 0 Å². The van der Waals surface area contributed by atoms with Crippen LogP contribution >= 0.6 is 11.8 Å². The van der Waals surface area contributed by atoms with Gasteiger partial charge in [0.25, 0.3) is 0 Å². The van der Waals surface area contributed by atoms with E-state index in [0.29, 0.717) is 0 Å². The van der Waals surface area contributed by atoms with Crippen LogP contribution in [0.3, 0.4) is 0 Å². The van der Waals surface area contributed by atoms with Crippen molar-refractivity contribution in [2.75, 3.05) is 11.5 Å². The van der Waals surface area contributed by atoms with Gasteiger partial charge in [-0.15, -0.1) is 0 Å². The lowest BCUT2D eigenvalue weighted by Gasteiger charge is -2.01. The lowest BCUT2D eigenvalue weighted by molar-refractivity contribution is 0.603. The zero-order valence-corrected chi connectivity index (χ0v) is 11.0. The molecule has 0 spiro atoms. The maximum Gasteiger partial charge on any atom is -0.00675 e. The molecule has 0 unspecified atom stereocenters. The van der Waals surface area contributed by atoms with Crippen molar-refractivity contribution in [2.24, 2.45) is 0 Å². The molecule has 0 aliphatic heterocycles. The Morgan fingerprint density at radius 3 is 1.71 bits per heavy atom. The Bertz CT molecular complexity index is 79.2. The van der Waals surface area contributed by atoms with Gasteiger partial charge in [-0.25, -0.2) is 0 Å². The molecule has 0 bridgehead atoms. The molecule has 0 amide bonds. The number of hydrogen-bond donors (Lipinski definition) is 0. The number of thioether (sulfide) groups is 1. The molecule has 1 heteroatoms. The van der Waals surface area contributed by atoms with E-state index in [-0.39, 0.29) is 0 Å². The largest absolute Gasteiger partial charge is 0.162 e. The van der Waals surface area contributed by atoms with Crippen molar-refractivity contribution in [1.29, 1.82) is 0 Å². The molecule has 0 aromatic carbocycles. The van der Waals surface area contributed by atoms with Crippen LogP contribution in [0.1, 0.15) is 71.6 Å². The molecule has 0 N–H and O–H groups in total. The van der Waals surface area contributed by atoms with Crippen molar-refractivity contribution in [3.05, 3.63) is 0 Å². The second-order valence-corrected chi connectivity index (χ2v) is 5.31. The number of hydrogen-bond acceptors (Lipinski definition) is 1. The maximum atomic E-state index is 2.28. The van der Waals surface area contributed by atoms with Gasteiger partial charge in [0.2, 0.25) is 0 Å². The van der Waals surface area contributed by atoms with E-state index >= 15 is 0 Å². The van der Waals surface area contributed by atoms with Crippen LogP contribution in [0, 0.1) is 0 Å². The van der Waals surface area contributed by atoms with Crippen molar-refractivity contribution < 1.29 is 0 Å². The lowest BCUT2D eigenvalue weighted by atomic mass is 10.1. The minimum absolute atomic E-state index is 1.35. The molecule has 0 aromatic heterocycles. The molecule has 0 nitrogen and oxygen atoms in total. The quantitative estimate of drug-likeness (QED) is 0.424. The van der Waals surface area contributed by atoms with Gasteiger partial charge in [-0.3, -0.25) is 0 Å². The Morgan fingerprint density at radius 1 is 0.571 bits per heavy atom. The third-order valence-corrected chi connectivity index (χ3v) is 3.69.